The molecule has 19 heavy (non-hydrogen) atoms. The van der Waals surface area contributed by atoms with Gasteiger partial charge in [-0.1, -0.05) is 26.2 Å². The summed E-state index contributed by atoms with van der Waals surface area (Å²) in [6.07, 6.45) is 8.14. The Morgan fingerprint density at radius 2 is 1.84 bits per heavy atom. The first-order valence-corrected chi connectivity index (χ1v) is 9.52. The molecule has 2 atom stereocenters. The van der Waals surface area contributed by atoms with Crippen molar-refractivity contribution in [3.63, 3.8) is 0 Å². The van der Waals surface area contributed by atoms with Gasteiger partial charge in [-0.2, -0.15) is 0 Å². The third kappa shape index (κ3) is 4.17. The smallest absolute Gasteiger partial charge is 0.150 e. The van der Waals surface area contributed by atoms with Crippen molar-refractivity contribution in [3.05, 3.63) is 0 Å². The van der Waals surface area contributed by atoms with Crippen LogP contribution in [0.25, 0.3) is 0 Å². The predicted molar refractivity (Wildman–Crippen MR) is 78.2 cm³/mol. The van der Waals surface area contributed by atoms with Gasteiger partial charge in [-0.05, 0) is 43.4 Å². The van der Waals surface area contributed by atoms with Crippen LogP contribution in [0.2, 0.25) is 0 Å². The molecule has 0 amide bonds. The average Bonchev–Trinajstić information content (AvgIpc) is 2.75. The first-order valence-electron chi connectivity index (χ1n) is 7.70. The Morgan fingerprint density at radius 1 is 1.16 bits per heavy atom. The molecule has 4 nitrogen and oxygen atoms in total. The van der Waals surface area contributed by atoms with Crippen LogP contribution in [0.5, 0.6) is 0 Å². The fourth-order valence-corrected chi connectivity index (χ4v) is 5.69. The minimum absolute atomic E-state index is 0.302. The summed E-state index contributed by atoms with van der Waals surface area (Å²) < 4.78 is 23.0. The van der Waals surface area contributed by atoms with Gasteiger partial charge in [-0.15, -0.1) is 0 Å². The highest BCUT2D eigenvalue weighted by atomic mass is 32.2. The Labute approximate surface area is 117 Å². The lowest BCUT2D eigenvalue weighted by atomic mass is 9.76. The summed E-state index contributed by atoms with van der Waals surface area (Å²) >= 11 is 0. The summed E-state index contributed by atoms with van der Waals surface area (Å²) in [5, 5.41) is 0. The Balaban J connectivity index is 1.84. The van der Waals surface area contributed by atoms with Gasteiger partial charge in [-0.3, -0.25) is 11.3 Å². The van der Waals surface area contributed by atoms with Crippen LogP contribution in [-0.2, 0) is 9.84 Å². The molecule has 2 fully saturated rings. The van der Waals surface area contributed by atoms with Gasteiger partial charge in [0.05, 0.1) is 11.5 Å². The van der Waals surface area contributed by atoms with Crippen LogP contribution in [0.1, 0.15) is 51.9 Å². The number of nitrogens with one attached hydrogen (secondary N) is 1. The molecule has 0 radical (unpaired) electrons. The number of sulfone groups is 1. The Kier molecular flexibility index (Phi) is 5.26. The maximum atomic E-state index is 11.5. The third-order valence-corrected chi connectivity index (χ3v) is 7.00. The molecule has 3 N–H and O–H groups in total. The maximum absolute atomic E-state index is 11.5. The van der Waals surface area contributed by atoms with E-state index in [-0.39, 0.29) is 0 Å². The van der Waals surface area contributed by atoms with Crippen molar-refractivity contribution in [2.24, 2.45) is 23.6 Å². The Morgan fingerprint density at radius 3 is 2.32 bits per heavy atom. The highest BCUT2D eigenvalue weighted by Crippen LogP contribution is 2.35. The van der Waals surface area contributed by atoms with Gasteiger partial charge in [-0.25, -0.2) is 8.42 Å². The van der Waals surface area contributed by atoms with Crippen molar-refractivity contribution in [1.29, 1.82) is 0 Å². The monoisotopic (exact) mass is 288 g/mol. The number of nitrogens with two attached hydrogens (primary N) is 1. The molecular weight excluding hydrogens is 260 g/mol. The topological polar surface area (TPSA) is 72.2 Å². The zero-order chi connectivity index (χ0) is 13.9. The SMILES string of the molecule is CCC1CCC(C(CC2CCS(=O)(=O)C2)NN)CC1. The van der Waals surface area contributed by atoms with E-state index in [4.69, 9.17) is 5.84 Å². The van der Waals surface area contributed by atoms with Crippen LogP contribution in [0.15, 0.2) is 0 Å². The molecule has 1 saturated heterocycles. The van der Waals surface area contributed by atoms with Gasteiger partial charge in [0.15, 0.2) is 9.84 Å². The maximum Gasteiger partial charge on any atom is 0.150 e. The number of hydrogen-bond donors (Lipinski definition) is 2. The van der Waals surface area contributed by atoms with E-state index in [0.717, 1.165) is 18.8 Å². The van der Waals surface area contributed by atoms with Crippen molar-refractivity contribution >= 4 is 9.84 Å². The van der Waals surface area contributed by atoms with Gasteiger partial charge in [0.1, 0.15) is 0 Å². The molecule has 1 aliphatic carbocycles. The molecule has 1 heterocycles. The molecule has 2 rings (SSSR count). The summed E-state index contributed by atoms with van der Waals surface area (Å²) in [5.74, 6) is 8.30. The molecule has 1 aliphatic heterocycles. The molecule has 112 valence electrons. The van der Waals surface area contributed by atoms with E-state index in [1.165, 1.54) is 32.1 Å². The first kappa shape index (κ1) is 15.3. The highest BCUT2D eigenvalue weighted by Gasteiger charge is 2.33. The lowest BCUT2D eigenvalue weighted by Gasteiger charge is -2.34. The average molecular weight is 288 g/mol. The van der Waals surface area contributed by atoms with Crippen molar-refractivity contribution in [2.75, 3.05) is 11.5 Å². The van der Waals surface area contributed by atoms with Gasteiger partial charge in [0.2, 0.25) is 0 Å². The van der Waals surface area contributed by atoms with E-state index in [1.807, 2.05) is 0 Å². The van der Waals surface area contributed by atoms with E-state index in [0.29, 0.717) is 29.4 Å². The molecular formula is C14H28N2O2S. The van der Waals surface area contributed by atoms with Gasteiger partial charge < -0.3 is 0 Å². The molecule has 1 saturated carbocycles. The minimum atomic E-state index is -2.76. The van der Waals surface area contributed by atoms with Crippen LogP contribution < -0.4 is 11.3 Å². The predicted octanol–water partition coefficient (Wildman–Crippen LogP) is 1.86. The zero-order valence-electron chi connectivity index (χ0n) is 12.0. The van der Waals surface area contributed by atoms with Crippen LogP contribution in [-0.4, -0.2) is 26.0 Å². The summed E-state index contributed by atoms with van der Waals surface area (Å²) in [5.41, 5.74) is 2.96. The highest BCUT2D eigenvalue weighted by molar-refractivity contribution is 7.91. The molecule has 0 spiro atoms. The van der Waals surface area contributed by atoms with Crippen LogP contribution >= 0.6 is 0 Å². The molecule has 2 unspecified atom stereocenters. The lowest BCUT2D eigenvalue weighted by molar-refractivity contribution is 0.200. The molecule has 0 aromatic heterocycles. The second-order valence-electron chi connectivity index (χ2n) is 6.47. The normalized spacial score (nSPS) is 36.2. The Hall–Kier alpha value is -0.130. The molecule has 2 aliphatic rings. The van der Waals surface area contributed by atoms with E-state index in [9.17, 15) is 8.42 Å². The van der Waals surface area contributed by atoms with Crippen molar-refractivity contribution in [3.8, 4) is 0 Å². The Bertz CT molecular complexity index is 375. The van der Waals surface area contributed by atoms with Gasteiger partial charge >= 0.3 is 0 Å². The van der Waals surface area contributed by atoms with Crippen molar-refractivity contribution in [1.82, 2.24) is 5.43 Å². The fraction of sp³-hybridized carbons (Fsp3) is 1.00. The quantitative estimate of drug-likeness (QED) is 0.598. The zero-order valence-corrected chi connectivity index (χ0v) is 12.8. The first-order chi connectivity index (χ1) is 9.04. The van der Waals surface area contributed by atoms with E-state index < -0.39 is 9.84 Å². The van der Waals surface area contributed by atoms with Crippen LogP contribution in [0.3, 0.4) is 0 Å². The summed E-state index contributed by atoms with van der Waals surface area (Å²) in [6.45, 7) is 2.27. The standard InChI is InChI=1S/C14H28N2O2S/c1-2-11-3-5-13(6-4-11)14(16-15)9-12-7-8-19(17,18)10-12/h11-14,16H,2-10,15H2,1H3. The summed E-state index contributed by atoms with van der Waals surface area (Å²) in [6, 6.07) is 0.302. The molecule has 5 heteroatoms. The van der Waals surface area contributed by atoms with E-state index in [2.05, 4.69) is 12.3 Å². The van der Waals surface area contributed by atoms with E-state index >= 15 is 0 Å². The van der Waals surface area contributed by atoms with Crippen molar-refractivity contribution < 1.29 is 8.42 Å². The van der Waals surface area contributed by atoms with Crippen molar-refractivity contribution in [2.45, 2.75) is 57.9 Å². The lowest BCUT2D eigenvalue weighted by Crippen LogP contribution is -2.43. The summed E-state index contributed by atoms with van der Waals surface area (Å²) in [4.78, 5) is 0. The van der Waals surface area contributed by atoms with Gasteiger partial charge in [0.25, 0.3) is 0 Å². The van der Waals surface area contributed by atoms with Crippen LogP contribution in [0, 0.1) is 17.8 Å². The molecule has 0 aromatic carbocycles. The number of rotatable bonds is 5. The second-order valence-corrected chi connectivity index (χ2v) is 8.70. The van der Waals surface area contributed by atoms with Crippen LogP contribution in [0.4, 0.5) is 0 Å². The number of hydrazine groups is 1. The summed E-state index contributed by atoms with van der Waals surface area (Å²) in [7, 11) is -2.76. The molecule has 0 aromatic rings. The molecule has 0 bridgehead atoms. The largest absolute Gasteiger partial charge is 0.271 e. The third-order valence-electron chi connectivity index (χ3n) is 5.17. The fourth-order valence-electron chi connectivity index (χ4n) is 3.81. The second kappa shape index (κ2) is 6.55. The minimum Gasteiger partial charge on any atom is -0.271 e. The van der Waals surface area contributed by atoms with Gasteiger partial charge in [0, 0.05) is 6.04 Å². The number of hydrogen-bond acceptors (Lipinski definition) is 4. The van der Waals surface area contributed by atoms with E-state index in [1.54, 1.807) is 0 Å².